The minimum absolute atomic E-state index is 0.0206. The van der Waals surface area contributed by atoms with E-state index in [1.807, 2.05) is 62.4 Å². The molecule has 1 aliphatic rings. The topological polar surface area (TPSA) is 119 Å². The number of hydrogen-bond donors (Lipinski definition) is 4. The van der Waals surface area contributed by atoms with Gasteiger partial charge >= 0.3 is 0 Å². The molecule has 0 aliphatic carbocycles. The fourth-order valence-electron chi connectivity index (χ4n) is 4.87. The van der Waals surface area contributed by atoms with Gasteiger partial charge in [0.2, 0.25) is 5.91 Å². The normalized spacial score (nSPS) is 16.3. The van der Waals surface area contributed by atoms with Crippen LogP contribution < -0.4 is 10.6 Å². The molecule has 0 aromatic heterocycles. The van der Waals surface area contributed by atoms with Crippen molar-refractivity contribution in [3.8, 4) is 5.75 Å². The van der Waals surface area contributed by atoms with E-state index in [4.69, 9.17) is 0 Å². The molecule has 3 aromatic carbocycles. The van der Waals surface area contributed by atoms with E-state index in [-0.39, 0.29) is 29.5 Å². The SMILES string of the molecule is Cc1cccc(C)c1CNC(=O)[C@@H]1CSCN1C(=O)[C@@H](O)[C@H](Cc1ccccc1)NC(=O)c1cccc(O)c1C. The van der Waals surface area contributed by atoms with Gasteiger partial charge < -0.3 is 25.7 Å². The molecule has 3 atom stereocenters. The Bertz CT molecular complexity index is 1360. The summed E-state index contributed by atoms with van der Waals surface area (Å²) in [6, 6.07) is 18.1. The van der Waals surface area contributed by atoms with E-state index >= 15 is 0 Å². The molecule has 1 saturated heterocycles. The van der Waals surface area contributed by atoms with Crippen LogP contribution in [-0.4, -0.2) is 62.7 Å². The predicted molar refractivity (Wildman–Crippen MR) is 156 cm³/mol. The van der Waals surface area contributed by atoms with Crippen LogP contribution >= 0.6 is 11.8 Å². The number of thioether (sulfide) groups is 1. The summed E-state index contributed by atoms with van der Waals surface area (Å²) in [5, 5.41) is 27.1. The Morgan fingerprint density at radius 2 is 1.65 bits per heavy atom. The number of amides is 3. The third-order valence-electron chi connectivity index (χ3n) is 7.35. The number of aromatic hydroxyl groups is 1. The molecule has 4 rings (SSSR count). The highest BCUT2D eigenvalue weighted by atomic mass is 32.2. The van der Waals surface area contributed by atoms with E-state index in [0.29, 0.717) is 17.9 Å². The van der Waals surface area contributed by atoms with Gasteiger partial charge in [0, 0.05) is 23.4 Å². The van der Waals surface area contributed by atoms with Gasteiger partial charge in [-0.1, -0.05) is 54.6 Å². The number of aliphatic hydroxyl groups is 1. The van der Waals surface area contributed by atoms with Crippen molar-refractivity contribution in [1.29, 1.82) is 0 Å². The predicted octanol–water partition coefficient (Wildman–Crippen LogP) is 3.24. The number of rotatable bonds is 9. The zero-order chi connectivity index (χ0) is 28.8. The second-order valence-corrected chi connectivity index (χ2v) is 11.1. The van der Waals surface area contributed by atoms with E-state index in [1.54, 1.807) is 19.1 Å². The molecule has 0 spiro atoms. The van der Waals surface area contributed by atoms with Crippen LogP contribution in [0.15, 0.2) is 66.7 Å². The maximum Gasteiger partial charge on any atom is 0.254 e. The zero-order valence-electron chi connectivity index (χ0n) is 22.9. The van der Waals surface area contributed by atoms with Gasteiger partial charge in [0.1, 0.15) is 11.8 Å². The zero-order valence-corrected chi connectivity index (χ0v) is 23.7. The Hall–Kier alpha value is -3.82. The average Bonchev–Trinajstić information content (AvgIpc) is 3.44. The van der Waals surface area contributed by atoms with E-state index in [1.165, 1.54) is 22.7 Å². The van der Waals surface area contributed by atoms with Crippen LogP contribution in [0.1, 0.15) is 38.2 Å². The number of carbonyl (C=O) groups is 3. The van der Waals surface area contributed by atoms with Crippen LogP contribution in [0.4, 0.5) is 0 Å². The number of benzene rings is 3. The molecule has 1 aliphatic heterocycles. The van der Waals surface area contributed by atoms with Crippen molar-refractivity contribution in [2.45, 2.75) is 51.9 Å². The summed E-state index contributed by atoms with van der Waals surface area (Å²) in [5.74, 6) is -0.768. The summed E-state index contributed by atoms with van der Waals surface area (Å²) in [5.41, 5.74) is 4.66. The van der Waals surface area contributed by atoms with E-state index < -0.39 is 30.0 Å². The molecule has 8 nitrogen and oxygen atoms in total. The second-order valence-electron chi connectivity index (χ2n) is 10.1. The van der Waals surface area contributed by atoms with E-state index in [2.05, 4.69) is 10.6 Å². The molecular weight excluding hydrogens is 526 g/mol. The Labute approximate surface area is 238 Å². The number of aliphatic hydroxyl groups excluding tert-OH is 1. The van der Waals surface area contributed by atoms with Crippen molar-refractivity contribution in [3.63, 3.8) is 0 Å². The summed E-state index contributed by atoms with van der Waals surface area (Å²) in [6.07, 6.45) is -1.39. The number of nitrogens with zero attached hydrogens (tertiary/aromatic N) is 1. The van der Waals surface area contributed by atoms with Crippen LogP contribution in [0.2, 0.25) is 0 Å². The molecule has 1 heterocycles. The van der Waals surface area contributed by atoms with Gasteiger partial charge in [0.15, 0.2) is 6.10 Å². The first kappa shape index (κ1) is 29.2. The molecule has 0 unspecified atom stereocenters. The van der Waals surface area contributed by atoms with Crippen molar-refractivity contribution in [2.75, 3.05) is 11.6 Å². The number of phenolic OH excluding ortho intramolecular Hbond substituents is 1. The smallest absolute Gasteiger partial charge is 0.254 e. The lowest BCUT2D eigenvalue weighted by atomic mass is 9.98. The maximum absolute atomic E-state index is 13.6. The Morgan fingerprint density at radius 3 is 2.35 bits per heavy atom. The van der Waals surface area contributed by atoms with Crippen LogP contribution in [0.5, 0.6) is 5.75 Å². The number of carbonyl (C=O) groups excluding carboxylic acids is 3. The van der Waals surface area contributed by atoms with Crippen molar-refractivity contribution in [1.82, 2.24) is 15.5 Å². The largest absolute Gasteiger partial charge is 0.508 e. The first-order chi connectivity index (χ1) is 19.2. The minimum Gasteiger partial charge on any atom is -0.508 e. The molecule has 9 heteroatoms. The number of aryl methyl sites for hydroxylation is 2. The van der Waals surface area contributed by atoms with Gasteiger partial charge in [-0.2, -0.15) is 0 Å². The number of hydrogen-bond acceptors (Lipinski definition) is 6. The highest BCUT2D eigenvalue weighted by molar-refractivity contribution is 7.99. The van der Waals surface area contributed by atoms with Gasteiger partial charge in [0.25, 0.3) is 11.8 Å². The molecule has 3 amide bonds. The number of phenols is 1. The first-order valence-corrected chi connectivity index (χ1v) is 14.3. The summed E-state index contributed by atoms with van der Waals surface area (Å²) < 4.78 is 0. The first-order valence-electron chi connectivity index (χ1n) is 13.2. The molecule has 210 valence electrons. The van der Waals surface area contributed by atoms with Crippen molar-refractivity contribution in [3.05, 3.63) is 100 Å². The van der Waals surface area contributed by atoms with Gasteiger partial charge in [-0.25, -0.2) is 0 Å². The van der Waals surface area contributed by atoms with E-state index in [0.717, 1.165) is 22.3 Å². The van der Waals surface area contributed by atoms with Crippen molar-refractivity contribution >= 4 is 29.5 Å². The third-order valence-corrected chi connectivity index (χ3v) is 8.36. The summed E-state index contributed by atoms with van der Waals surface area (Å²) in [7, 11) is 0. The lowest BCUT2D eigenvalue weighted by Crippen LogP contribution is -2.56. The van der Waals surface area contributed by atoms with E-state index in [9.17, 15) is 24.6 Å². The number of nitrogens with one attached hydrogen (secondary N) is 2. The fraction of sp³-hybridized carbons (Fsp3) is 0.323. The lowest BCUT2D eigenvalue weighted by molar-refractivity contribution is -0.146. The van der Waals surface area contributed by atoms with Crippen molar-refractivity contribution in [2.24, 2.45) is 0 Å². The van der Waals surface area contributed by atoms with Crippen molar-refractivity contribution < 1.29 is 24.6 Å². The highest BCUT2D eigenvalue weighted by Gasteiger charge is 2.40. The van der Waals surface area contributed by atoms with Gasteiger partial charge in [0.05, 0.1) is 11.9 Å². The minimum atomic E-state index is -1.59. The quantitative estimate of drug-likeness (QED) is 0.319. The molecule has 4 N–H and O–H groups in total. The van der Waals surface area contributed by atoms with Gasteiger partial charge in [-0.3, -0.25) is 14.4 Å². The fourth-order valence-corrected chi connectivity index (χ4v) is 6.03. The maximum atomic E-state index is 13.6. The summed E-state index contributed by atoms with van der Waals surface area (Å²) in [4.78, 5) is 41.4. The Morgan fingerprint density at radius 1 is 0.975 bits per heavy atom. The summed E-state index contributed by atoms with van der Waals surface area (Å²) >= 11 is 1.44. The van der Waals surface area contributed by atoms with Crippen LogP contribution in [-0.2, 0) is 22.6 Å². The monoisotopic (exact) mass is 561 g/mol. The Kier molecular flexibility index (Phi) is 9.50. The van der Waals surface area contributed by atoms with Gasteiger partial charge in [-0.05, 0) is 61.6 Å². The lowest BCUT2D eigenvalue weighted by Gasteiger charge is -2.30. The molecule has 0 saturated carbocycles. The third kappa shape index (κ3) is 6.66. The molecule has 1 fully saturated rings. The van der Waals surface area contributed by atoms with Crippen LogP contribution in [0.3, 0.4) is 0 Å². The molecule has 40 heavy (non-hydrogen) atoms. The van der Waals surface area contributed by atoms with Crippen LogP contribution in [0, 0.1) is 20.8 Å². The molecule has 0 radical (unpaired) electrons. The molecule has 3 aromatic rings. The Balaban J connectivity index is 1.50. The standard InChI is InChI=1S/C31H35N3O5S/c1-19-9-7-10-20(2)24(19)16-32-30(38)26-17-40-18-34(26)31(39)28(36)25(15-22-11-5-4-6-12-22)33-29(37)23-13-8-14-27(35)21(23)3/h4-14,25-26,28,35-36H,15-18H2,1-3H3,(H,32,38)(H,33,37)/t25-,26-,28-/m0/s1. The molecular formula is C31H35N3O5S. The van der Waals surface area contributed by atoms with Gasteiger partial charge in [-0.15, -0.1) is 11.8 Å². The second kappa shape index (κ2) is 13.0. The average molecular weight is 562 g/mol. The molecule has 0 bridgehead atoms. The van der Waals surface area contributed by atoms with Crippen LogP contribution in [0.25, 0.3) is 0 Å². The highest BCUT2D eigenvalue weighted by Crippen LogP contribution is 2.24. The summed E-state index contributed by atoms with van der Waals surface area (Å²) in [6.45, 7) is 5.96.